The number of carbonyl (C=O) groups excluding carboxylic acids is 1. The Morgan fingerprint density at radius 1 is 1.08 bits per heavy atom. The molecule has 8 nitrogen and oxygen atoms in total. The fraction of sp³-hybridized carbons (Fsp3) is 0.269. The number of halogens is 2. The third kappa shape index (κ3) is 6.21. The second-order valence-corrected chi connectivity index (χ2v) is 8.57. The van der Waals surface area contributed by atoms with Gasteiger partial charge in [0.2, 0.25) is 11.0 Å². The van der Waals surface area contributed by atoms with Gasteiger partial charge in [0.25, 0.3) is 5.91 Å². The molecule has 1 heterocycles. The molecule has 0 saturated heterocycles. The van der Waals surface area contributed by atoms with E-state index < -0.39 is 29.7 Å². The summed E-state index contributed by atoms with van der Waals surface area (Å²) >= 11 is 0. The van der Waals surface area contributed by atoms with Crippen LogP contribution >= 0.6 is 0 Å². The number of rotatable bonds is 10. The van der Waals surface area contributed by atoms with Crippen molar-refractivity contribution in [2.24, 2.45) is 0 Å². The number of aryl methyl sites for hydroxylation is 1. The van der Waals surface area contributed by atoms with Gasteiger partial charge in [0, 0.05) is 35.9 Å². The first-order valence-electron chi connectivity index (χ1n) is 11.5. The smallest absolute Gasteiger partial charge is 0.251 e. The lowest BCUT2D eigenvalue weighted by molar-refractivity contribution is -0.782. The fourth-order valence-electron chi connectivity index (χ4n) is 4.00. The summed E-state index contributed by atoms with van der Waals surface area (Å²) < 4.78 is 32.1. The van der Waals surface area contributed by atoms with Gasteiger partial charge in [-0.1, -0.05) is 31.2 Å². The van der Waals surface area contributed by atoms with Crippen molar-refractivity contribution in [1.82, 2.24) is 15.8 Å². The van der Waals surface area contributed by atoms with E-state index in [0.717, 1.165) is 30.2 Å². The SMILES string of the molecule is CCc1cccc(CNC[C@@H](O)[C@H](Cc2cc(F)cc(F)c2)NC(=O)c2ccc3c(c2)no[n+]3[O-])c1. The number of aliphatic hydroxyl groups is 1. The summed E-state index contributed by atoms with van der Waals surface area (Å²) in [5.41, 5.74) is 3.06. The molecule has 0 aliphatic rings. The Bertz CT molecular complexity index is 1340. The quantitative estimate of drug-likeness (QED) is 0.291. The van der Waals surface area contributed by atoms with Gasteiger partial charge in [-0.2, -0.15) is 0 Å². The largest absolute Gasteiger partial charge is 0.390 e. The lowest BCUT2D eigenvalue weighted by atomic mass is 10.00. The summed E-state index contributed by atoms with van der Waals surface area (Å²) in [4.78, 5) is 13.2. The molecule has 1 aromatic heterocycles. The molecule has 2 atom stereocenters. The molecule has 0 aliphatic carbocycles. The van der Waals surface area contributed by atoms with E-state index in [0.29, 0.717) is 6.54 Å². The molecule has 188 valence electrons. The third-order valence-electron chi connectivity index (χ3n) is 5.89. The molecule has 0 bridgehead atoms. The van der Waals surface area contributed by atoms with Crippen molar-refractivity contribution < 1.29 is 28.2 Å². The molecule has 10 heteroatoms. The number of fused-ring (bicyclic) bond motifs is 1. The monoisotopic (exact) mass is 496 g/mol. The lowest BCUT2D eigenvalue weighted by Crippen LogP contribution is -2.48. The van der Waals surface area contributed by atoms with Crippen LogP contribution in [-0.4, -0.2) is 34.9 Å². The van der Waals surface area contributed by atoms with E-state index in [1.165, 1.54) is 23.8 Å². The maximum atomic E-state index is 13.8. The van der Waals surface area contributed by atoms with Gasteiger partial charge in [-0.3, -0.25) is 9.42 Å². The van der Waals surface area contributed by atoms with Crippen LogP contribution in [0.3, 0.4) is 0 Å². The highest BCUT2D eigenvalue weighted by Crippen LogP contribution is 2.15. The third-order valence-corrected chi connectivity index (χ3v) is 5.89. The first-order valence-corrected chi connectivity index (χ1v) is 11.5. The summed E-state index contributed by atoms with van der Waals surface area (Å²) in [6, 6.07) is 14.5. The van der Waals surface area contributed by atoms with Crippen LogP contribution < -0.4 is 15.5 Å². The number of nitrogens with one attached hydrogen (secondary N) is 2. The maximum absolute atomic E-state index is 13.8. The van der Waals surface area contributed by atoms with Crippen LogP contribution in [0.15, 0.2) is 65.3 Å². The highest BCUT2D eigenvalue weighted by molar-refractivity contribution is 5.97. The molecule has 4 rings (SSSR count). The van der Waals surface area contributed by atoms with E-state index in [9.17, 15) is 23.9 Å². The normalized spacial score (nSPS) is 13.0. The molecule has 0 aliphatic heterocycles. The predicted molar refractivity (Wildman–Crippen MR) is 128 cm³/mol. The van der Waals surface area contributed by atoms with E-state index in [1.807, 2.05) is 18.2 Å². The van der Waals surface area contributed by atoms with E-state index in [-0.39, 0.29) is 40.0 Å². The van der Waals surface area contributed by atoms with E-state index in [4.69, 9.17) is 0 Å². The van der Waals surface area contributed by atoms with Crippen molar-refractivity contribution >= 4 is 16.9 Å². The Kier molecular flexibility index (Phi) is 7.87. The number of nitrogens with zero attached hydrogens (tertiary/aromatic N) is 2. The molecule has 0 fully saturated rings. The zero-order valence-corrected chi connectivity index (χ0v) is 19.6. The minimum Gasteiger partial charge on any atom is -0.390 e. The van der Waals surface area contributed by atoms with Gasteiger partial charge < -0.3 is 20.9 Å². The van der Waals surface area contributed by atoms with Crippen molar-refractivity contribution in [2.45, 2.75) is 38.5 Å². The number of aliphatic hydroxyl groups excluding tert-OH is 1. The summed E-state index contributed by atoms with van der Waals surface area (Å²) in [5.74, 6) is -2.05. The van der Waals surface area contributed by atoms with Gasteiger partial charge in [-0.25, -0.2) is 8.78 Å². The number of benzene rings is 3. The Labute approximate surface area is 206 Å². The number of carbonyl (C=O) groups is 1. The number of hydrogen-bond acceptors (Lipinski definition) is 6. The van der Waals surface area contributed by atoms with Crippen LogP contribution in [0.25, 0.3) is 11.0 Å². The lowest BCUT2D eigenvalue weighted by Gasteiger charge is -2.25. The van der Waals surface area contributed by atoms with Gasteiger partial charge in [0.05, 0.1) is 12.1 Å². The molecule has 0 unspecified atom stereocenters. The van der Waals surface area contributed by atoms with E-state index >= 15 is 0 Å². The van der Waals surface area contributed by atoms with Crippen molar-refractivity contribution in [2.75, 3.05) is 6.54 Å². The molecular formula is C26H26F2N4O4. The molecule has 36 heavy (non-hydrogen) atoms. The van der Waals surface area contributed by atoms with Crippen molar-refractivity contribution in [1.29, 1.82) is 0 Å². The summed E-state index contributed by atoms with van der Waals surface area (Å²) in [7, 11) is 0. The van der Waals surface area contributed by atoms with Crippen LogP contribution in [0.1, 0.15) is 34.0 Å². The van der Waals surface area contributed by atoms with Gasteiger partial charge >= 0.3 is 0 Å². The minimum absolute atomic E-state index is 0.0125. The highest BCUT2D eigenvalue weighted by atomic mass is 19.1. The van der Waals surface area contributed by atoms with Crippen LogP contribution in [0, 0.1) is 16.8 Å². The molecule has 3 aromatic carbocycles. The van der Waals surface area contributed by atoms with Crippen LogP contribution in [0.4, 0.5) is 8.78 Å². The van der Waals surface area contributed by atoms with Crippen LogP contribution in [-0.2, 0) is 19.4 Å². The average molecular weight is 497 g/mol. The van der Waals surface area contributed by atoms with Gasteiger partial charge in [-0.05, 0) is 58.7 Å². The zero-order valence-electron chi connectivity index (χ0n) is 19.6. The summed E-state index contributed by atoms with van der Waals surface area (Å²) in [6.07, 6.45) is -0.181. The molecule has 3 N–H and O–H groups in total. The highest BCUT2D eigenvalue weighted by Gasteiger charge is 2.24. The Morgan fingerprint density at radius 2 is 1.83 bits per heavy atom. The van der Waals surface area contributed by atoms with Crippen LogP contribution in [0.5, 0.6) is 0 Å². The van der Waals surface area contributed by atoms with Crippen molar-refractivity contribution in [3.63, 3.8) is 0 Å². The van der Waals surface area contributed by atoms with Crippen LogP contribution in [0.2, 0.25) is 0 Å². The zero-order chi connectivity index (χ0) is 25.7. The first kappa shape index (κ1) is 25.2. The van der Waals surface area contributed by atoms with Gasteiger partial charge in [-0.15, -0.1) is 0 Å². The second-order valence-electron chi connectivity index (χ2n) is 8.57. The van der Waals surface area contributed by atoms with E-state index in [2.05, 4.69) is 33.4 Å². The summed E-state index contributed by atoms with van der Waals surface area (Å²) in [5, 5.41) is 31.9. The number of hydrogen-bond donors (Lipinski definition) is 3. The molecule has 0 spiro atoms. The maximum Gasteiger partial charge on any atom is 0.251 e. The second kappa shape index (κ2) is 11.2. The molecule has 1 amide bonds. The van der Waals surface area contributed by atoms with Gasteiger partial charge in [0.15, 0.2) is 0 Å². The molecule has 0 radical (unpaired) electrons. The average Bonchev–Trinajstić information content (AvgIpc) is 3.23. The number of aromatic nitrogens is 2. The van der Waals surface area contributed by atoms with Crippen molar-refractivity contribution in [3.8, 4) is 0 Å². The standard InChI is InChI=1S/C26H26F2N4O4/c1-2-16-4-3-5-17(8-16)14-29-15-25(33)23(11-18-9-20(27)13-21(28)10-18)30-26(34)19-6-7-24-22(12-19)31-36-32(24)35/h3-10,12-13,23,25,29,33H,2,11,14-15H2,1H3,(H,30,34)/t23-,25+/m0/s1. The first-order chi connectivity index (χ1) is 17.3. The minimum atomic E-state index is -1.07. The van der Waals surface area contributed by atoms with E-state index in [1.54, 1.807) is 0 Å². The summed E-state index contributed by atoms with van der Waals surface area (Å²) in [6.45, 7) is 2.69. The Balaban J connectivity index is 1.48. The molecule has 0 saturated carbocycles. The fourth-order valence-corrected chi connectivity index (χ4v) is 4.00. The predicted octanol–water partition coefficient (Wildman–Crippen LogP) is 2.79. The molecule has 4 aromatic rings. The van der Waals surface area contributed by atoms with Gasteiger partial charge in [0.1, 0.15) is 11.6 Å². The molecular weight excluding hydrogens is 470 g/mol. The topological polar surface area (TPSA) is 114 Å². The van der Waals surface area contributed by atoms with Crippen molar-refractivity contribution in [3.05, 3.63) is 99.8 Å². The Hall–Kier alpha value is -3.89. The number of amides is 1. The Morgan fingerprint density at radius 3 is 2.58 bits per heavy atom.